The minimum Gasteiger partial charge on any atom is -0.306 e. The van der Waals surface area contributed by atoms with Crippen molar-refractivity contribution in [2.75, 3.05) is 26.4 Å². The summed E-state index contributed by atoms with van der Waals surface area (Å²) in [7, 11) is -8.44. The Morgan fingerprint density at radius 2 is 0.742 bits per heavy atom. The van der Waals surface area contributed by atoms with Gasteiger partial charge in [0.05, 0.1) is 26.4 Å². The molecule has 0 aliphatic carbocycles. The Labute approximate surface area is 200 Å². The van der Waals surface area contributed by atoms with Crippen molar-refractivity contribution in [1.29, 1.82) is 0 Å². The predicted octanol–water partition coefficient (Wildman–Crippen LogP) is 9.29. The van der Waals surface area contributed by atoms with Gasteiger partial charge in [0, 0.05) is 0 Å². The second-order valence-electron chi connectivity index (χ2n) is 7.67. The highest BCUT2D eigenvalue weighted by Gasteiger charge is 2.64. The molecule has 0 amide bonds. The number of alkyl halides is 2. The lowest BCUT2D eigenvalue weighted by molar-refractivity contribution is 0.178. The number of hydrogen-bond acceptors (Lipinski definition) is 6. The zero-order valence-electron chi connectivity index (χ0n) is 19.9. The van der Waals surface area contributed by atoms with Crippen molar-refractivity contribution in [3.63, 3.8) is 0 Å². The lowest BCUT2D eigenvalue weighted by atomic mass is 10.3. The molecule has 0 aromatic rings. The molecule has 6 nitrogen and oxygen atoms in total. The molecule has 0 N–H and O–H groups in total. The maximum Gasteiger partial charge on any atom is 0.379 e. The van der Waals surface area contributed by atoms with Gasteiger partial charge < -0.3 is 18.1 Å². The largest absolute Gasteiger partial charge is 0.379 e. The Morgan fingerprint density at radius 1 is 0.516 bits per heavy atom. The van der Waals surface area contributed by atoms with E-state index in [4.69, 9.17) is 41.3 Å². The molecule has 0 aromatic heterocycles. The minimum absolute atomic E-state index is 0.145. The number of unbranched alkanes of at least 4 members (excludes halogenated alkanes) is 8. The minimum atomic E-state index is -4.22. The first-order chi connectivity index (χ1) is 14.7. The zero-order chi connectivity index (χ0) is 23.6. The summed E-state index contributed by atoms with van der Waals surface area (Å²) in [5.74, 6) is 0. The van der Waals surface area contributed by atoms with Crippen LogP contribution in [0, 0.1) is 0 Å². The molecule has 0 spiro atoms. The molecule has 0 aromatic carbocycles. The molecule has 0 fully saturated rings. The Bertz CT molecular complexity index is 458. The quantitative estimate of drug-likeness (QED) is 0.0797. The van der Waals surface area contributed by atoms with Gasteiger partial charge in [-0.1, -0.05) is 102 Å². The molecular weight excluding hydrogens is 481 g/mol. The third-order valence-electron chi connectivity index (χ3n) is 4.70. The second-order valence-corrected chi connectivity index (χ2v) is 14.8. The van der Waals surface area contributed by atoms with Gasteiger partial charge in [0.25, 0.3) is 0 Å². The first kappa shape index (κ1) is 31.9. The Kier molecular flexibility index (Phi) is 18.8. The van der Waals surface area contributed by atoms with Gasteiger partial charge in [-0.3, -0.25) is 9.13 Å². The molecule has 0 radical (unpaired) electrons. The lowest BCUT2D eigenvalue weighted by Gasteiger charge is -2.34. The van der Waals surface area contributed by atoms with Crippen LogP contribution in [-0.4, -0.2) is 30.2 Å². The standard InChI is InChI=1S/C21H44Cl2O6P2/c1-5-9-13-17-26-30(24,27-18-14-10-6-2)21(22,23)31(25,28-19-15-11-7-3)29-20-16-12-8-4/h5-20H2,1-4H3. The van der Waals surface area contributed by atoms with Crippen LogP contribution in [0.3, 0.4) is 0 Å². The van der Waals surface area contributed by atoms with Crippen molar-refractivity contribution >= 4 is 38.4 Å². The van der Waals surface area contributed by atoms with E-state index in [0.29, 0.717) is 25.7 Å². The summed E-state index contributed by atoms with van der Waals surface area (Å²) in [6.07, 6.45) is 10.1. The van der Waals surface area contributed by atoms with Crippen molar-refractivity contribution in [2.24, 2.45) is 0 Å². The third kappa shape index (κ3) is 11.7. The van der Waals surface area contributed by atoms with E-state index in [1.165, 1.54) is 0 Å². The summed E-state index contributed by atoms with van der Waals surface area (Å²) >= 11 is 13.1. The van der Waals surface area contributed by atoms with Crippen molar-refractivity contribution in [3.05, 3.63) is 0 Å². The molecule has 0 rings (SSSR count). The molecule has 0 bridgehead atoms. The molecule has 0 atom stereocenters. The fourth-order valence-corrected chi connectivity index (χ4v) is 7.99. The molecule has 188 valence electrons. The maximum absolute atomic E-state index is 13.7. The Hall–Kier alpha value is 0.880. The van der Waals surface area contributed by atoms with Gasteiger partial charge in [-0.25, -0.2) is 0 Å². The Balaban J connectivity index is 5.59. The van der Waals surface area contributed by atoms with Crippen molar-refractivity contribution in [3.8, 4) is 0 Å². The van der Waals surface area contributed by atoms with Crippen LogP contribution in [-0.2, 0) is 27.2 Å². The van der Waals surface area contributed by atoms with Gasteiger partial charge in [0.15, 0.2) is 0 Å². The van der Waals surface area contributed by atoms with Crippen molar-refractivity contribution < 1.29 is 27.2 Å². The van der Waals surface area contributed by atoms with Crippen LogP contribution in [0.15, 0.2) is 0 Å². The lowest BCUT2D eigenvalue weighted by Crippen LogP contribution is -2.22. The van der Waals surface area contributed by atoms with Gasteiger partial charge in [-0.15, -0.1) is 0 Å². The van der Waals surface area contributed by atoms with Crippen molar-refractivity contribution in [1.82, 2.24) is 0 Å². The van der Waals surface area contributed by atoms with E-state index < -0.39 is 19.0 Å². The van der Waals surface area contributed by atoms with Crippen molar-refractivity contribution in [2.45, 2.75) is 109 Å². The molecule has 0 aliphatic heterocycles. The van der Waals surface area contributed by atoms with E-state index in [1.807, 2.05) is 0 Å². The fraction of sp³-hybridized carbons (Fsp3) is 1.00. The van der Waals surface area contributed by atoms with E-state index in [1.54, 1.807) is 0 Å². The van der Waals surface area contributed by atoms with E-state index in [0.717, 1.165) is 51.4 Å². The SMILES string of the molecule is CCCCCOP(=O)(OCCCCC)C(Cl)(Cl)P(=O)(OCCCCC)OCCCCC. The smallest absolute Gasteiger partial charge is 0.306 e. The second kappa shape index (κ2) is 18.2. The first-order valence-corrected chi connectivity index (χ1v) is 15.7. The predicted molar refractivity (Wildman–Crippen MR) is 132 cm³/mol. The number of rotatable bonds is 22. The summed E-state index contributed by atoms with van der Waals surface area (Å²) < 4.78 is 47.5. The summed E-state index contributed by atoms with van der Waals surface area (Å²) in [5.41, 5.74) is 0. The van der Waals surface area contributed by atoms with Gasteiger partial charge in [-0.05, 0) is 25.7 Å². The average molecular weight is 525 g/mol. The monoisotopic (exact) mass is 524 g/mol. The molecule has 0 saturated carbocycles. The maximum atomic E-state index is 13.7. The van der Waals surface area contributed by atoms with Crippen LogP contribution in [0.5, 0.6) is 0 Å². The molecule has 10 heteroatoms. The van der Waals surface area contributed by atoms with Gasteiger partial charge in [0.1, 0.15) is 0 Å². The first-order valence-electron chi connectivity index (χ1n) is 11.9. The van der Waals surface area contributed by atoms with E-state index >= 15 is 0 Å². The molecule has 31 heavy (non-hydrogen) atoms. The van der Waals surface area contributed by atoms with E-state index in [2.05, 4.69) is 27.7 Å². The summed E-state index contributed by atoms with van der Waals surface area (Å²) in [4.78, 5) is 0. The fourth-order valence-electron chi connectivity index (χ4n) is 2.68. The summed E-state index contributed by atoms with van der Waals surface area (Å²) in [5, 5.41) is 0. The highest BCUT2D eigenvalue weighted by Crippen LogP contribution is 2.81. The molecule has 0 unspecified atom stereocenters. The van der Waals surface area contributed by atoms with Crippen LogP contribution in [0.1, 0.15) is 105 Å². The van der Waals surface area contributed by atoms with Crippen LogP contribution in [0.2, 0.25) is 0 Å². The van der Waals surface area contributed by atoms with Crippen LogP contribution < -0.4 is 0 Å². The molecule has 0 aliphatic rings. The van der Waals surface area contributed by atoms with E-state index in [9.17, 15) is 9.13 Å². The normalized spacial score (nSPS) is 13.1. The third-order valence-corrected chi connectivity index (χ3v) is 12.1. The average Bonchev–Trinajstić information content (AvgIpc) is 2.75. The summed E-state index contributed by atoms with van der Waals surface area (Å²) in [6, 6.07) is 0. The highest BCUT2D eigenvalue weighted by atomic mass is 35.5. The van der Waals surface area contributed by atoms with Crippen LogP contribution >= 0.6 is 38.4 Å². The number of halogens is 2. The zero-order valence-corrected chi connectivity index (χ0v) is 23.2. The topological polar surface area (TPSA) is 71.1 Å². The van der Waals surface area contributed by atoms with Crippen LogP contribution in [0.25, 0.3) is 0 Å². The molecule has 0 saturated heterocycles. The highest BCUT2D eigenvalue weighted by molar-refractivity contribution is 7.80. The van der Waals surface area contributed by atoms with Gasteiger partial charge in [0.2, 0.25) is 0 Å². The van der Waals surface area contributed by atoms with Crippen LogP contribution in [0.4, 0.5) is 0 Å². The number of hydrogen-bond donors (Lipinski definition) is 0. The van der Waals surface area contributed by atoms with Gasteiger partial charge >= 0.3 is 19.0 Å². The molecular formula is C21H44Cl2O6P2. The summed E-state index contributed by atoms with van der Waals surface area (Å²) in [6.45, 7) is 8.79. The van der Waals surface area contributed by atoms with Gasteiger partial charge in [-0.2, -0.15) is 0 Å². The van der Waals surface area contributed by atoms with E-state index in [-0.39, 0.29) is 26.4 Å². The Morgan fingerprint density at radius 3 is 0.935 bits per heavy atom. The molecule has 0 heterocycles.